The Labute approximate surface area is 167 Å². The third-order valence-corrected chi connectivity index (χ3v) is 5.91. The van der Waals surface area contributed by atoms with E-state index in [1.54, 1.807) is 18.2 Å². The van der Waals surface area contributed by atoms with E-state index in [0.29, 0.717) is 24.3 Å². The first-order valence-electron chi connectivity index (χ1n) is 9.54. The van der Waals surface area contributed by atoms with Gasteiger partial charge in [-0.25, -0.2) is 4.39 Å². The van der Waals surface area contributed by atoms with Crippen LogP contribution in [-0.2, 0) is 29.2 Å². The Morgan fingerprint density at radius 2 is 2.00 bits per heavy atom. The quantitative estimate of drug-likeness (QED) is 0.824. The predicted octanol–water partition coefficient (Wildman–Crippen LogP) is 2.38. The average Bonchev–Trinajstić information content (AvgIpc) is 3.18. The molecule has 2 aliphatic rings. The van der Waals surface area contributed by atoms with Gasteiger partial charge in [-0.2, -0.15) is 0 Å². The van der Waals surface area contributed by atoms with E-state index < -0.39 is 23.3 Å². The van der Waals surface area contributed by atoms with Crippen LogP contribution in [0.3, 0.4) is 0 Å². The number of benzene rings is 2. The highest BCUT2D eigenvalue weighted by molar-refractivity contribution is 5.96. The maximum atomic E-state index is 13.6. The highest BCUT2D eigenvalue weighted by Crippen LogP contribution is 2.36. The van der Waals surface area contributed by atoms with Crippen LogP contribution in [0, 0.1) is 11.2 Å². The van der Waals surface area contributed by atoms with E-state index in [0.717, 1.165) is 11.1 Å². The van der Waals surface area contributed by atoms with Crippen molar-refractivity contribution in [2.45, 2.75) is 32.2 Å². The van der Waals surface area contributed by atoms with Crippen molar-refractivity contribution in [1.82, 2.24) is 4.90 Å². The van der Waals surface area contributed by atoms with E-state index in [2.05, 4.69) is 0 Å². The summed E-state index contributed by atoms with van der Waals surface area (Å²) in [5.41, 5.74) is 1.15. The van der Waals surface area contributed by atoms with E-state index in [4.69, 9.17) is 4.74 Å². The maximum Gasteiger partial charge on any atom is 0.314 e. The van der Waals surface area contributed by atoms with Gasteiger partial charge in [0.15, 0.2) is 0 Å². The molecule has 6 nitrogen and oxygen atoms in total. The number of rotatable bonds is 4. The smallest absolute Gasteiger partial charge is 0.314 e. The lowest BCUT2D eigenvalue weighted by Gasteiger charge is -2.43. The fourth-order valence-electron chi connectivity index (χ4n) is 4.30. The first-order valence-corrected chi connectivity index (χ1v) is 9.54. The molecule has 1 saturated heterocycles. The molecule has 2 heterocycles. The molecule has 7 heteroatoms. The standard InChI is InChI=1S/C22H22FNO5/c23-16-5-1-3-14(9-16)10-22(21(27)28)13-24(8-7-19(22)25)20(26)17-6-2-4-15-11-29-12-18(15)17/h1-6,9,19,25H,7-8,10-13H2,(H,27,28)/t19-,22+/m0/s1. The summed E-state index contributed by atoms with van der Waals surface area (Å²) in [6.07, 6.45) is -1.07. The molecule has 2 aliphatic heterocycles. The number of hydrogen-bond acceptors (Lipinski definition) is 4. The van der Waals surface area contributed by atoms with Crippen molar-refractivity contribution in [2.75, 3.05) is 13.1 Å². The van der Waals surface area contributed by atoms with Crippen LogP contribution in [0.15, 0.2) is 42.5 Å². The number of aliphatic carboxylic acids is 1. The molecule has 0 spiro atoms. The van der Waals surface area contributed by atoms with Crippen LogP contribution < -0.4 is 0 Å². The largest absolute Gasteiger partial charge is 0.481 e. The van der Waals surface area contributed by atoms with Crippen LogP contribution in [0.2, 0.25) is 0 Å². The van der Waals surface area contributed by atoms with Gasteiger partial charge in [-0.1, -0.05) is 24.3 Å². The van der Waals surface area contributed by atoms with Crippen LogP contribution in [0.5, 0.6) is 0 Å². The van der Waals surface area contributed by atoms with Crippen molar-refractivity contribution in [3.05, 3.63) is 70.5 Å². The number of likely N-dealkylation sites (tertiary alicyclic amines) is 1. The van der Waals surface area contributed by atoms with Crippen LogP contribution in [0.1, 0.15) is 33.5 Å². The number of halogens is 1. The third kappa shape index (κ3) is 3.52. The lowest BCUT2D eigenvalue weighted by molar-refractivity contribution is -0.161. The Bertz CT molecular complexity index is 962. The molecule has 2 atom stereocenters. The number of carboxylic acids is 1. The summed E-state index contributed by atoms with van der Waals surface area (Å²) in [6, 6.07) is 11.1. The SMILES string of the molecule is O=C(c1cccc2c1COC2)N1CC[C@H](O)[C@](Cc2cccc(F)c2)(C(=O)O)C1. The lowest BCUT2D eigenvalue weighted by Crippen LogP contribution is -2.58. The highest BCUT2D eigenvalue weighted by atomic mass is 19.1. The molecule has 2 aromatic carbocycles. The number of aliphatic hydroxyl groups excluding tert-OH is 1. The number of aliphatic hydroxyl groups is 1. The molecule has 0 aliphatic carbocycles. The Kier molecular flexibility index (Phi) is 5.10. The number of ether oxygens (including phenoxy) is 1. The lowest BCUT2D eigenvalue weighted by atomic mass is 9.72. The maximum absolute atomic E-state index is 13.6. The summed E-state index contributed by atoms with van der Waals surface area (Å²) in [6.45, 7) is 0.904. The van der Waals surface area contributed by atoms with Crippen LogP contribution >= 0.6 is 0 Å². The van der Waals surface area contributed by atoms with E-state index in [1.165, 1.54) is 23.1 Å². The van der Waals surface area contributed by atoms with Crippen molar-refractivity contribution < 1.29 is 28.9 Å². The van der Waals surface area contributed by atoms with E-state index in [9.17, 15) is 24.2 Å². The molecular weight excluding hydrogens is 377 g/mol. The molecule has 0 unspecified atom stereocenters. The Morgan fingerprint density at radius 3 is 2.76 bits per heavy atom. The topological polar surface area (TPSA) is 87.1 Å². The number of carbonyl (C=O) groups is 2. The fraction of sp³-hybridized carbons (Fsp3) is 0.364. The summed E-state index contributed by atoms with van der Waals surface area (Å²) < 4.78 is 19.1. The highest BCUT2D eigenvalue weighted by Gasteiger charge is 2.50. The second kappa shape index (κ2) is 7.57. The molecule has 0 bridgehead atoms. The van der Waals surface area contributed by atoms with E-state index in [1.807, 2.05) is 6.07 Å². The predicted molar refractivity (Wildman–Crippen MR) is 102 cm³/mol. The molecular formula is C22H22FNO5. The number of hydrogen-bond donors (Lipinski definition) is 2. The van der Waals surface area contributed by atoms with Gasteiger partial charge < -0.3 is 19.8 Å². The van der Waals surface area contributed by atoms with Gasteiger partial charge in [0.05, 0.1) is 19.3 Å². The van der Waals surface area contributed by atoms with Gasteiger partial charge in [0.1, 0.15) is 11.2 Å². The van der Waals surface area contributed by atoms with Crippen molar-refractivity contribution in [2.24, 2.45) is 5.41 Å². The van der Waals surface area contributed by atoms with Gasteiger partial charge in [-0.3, -0.25) is 9.59 Å². The molecule has 0 saturated carbocycles. The summed E-state index contributed by atoms with van der Waals surface area (Å²) in [5.74, 6) is -1.95. The molecule has 2 aromatic rings. The number of piperidine rings is 1. The number of carbonyl (C=O) groups excluding carboxylic acids is 1. The first-order chi connectivity index (χ1) is 13.9. The molecule has 1 fully saturated rings. The summed E-state index contributed by atoms with van der Waals surface area (Å²) in [5, 5.41) is 20.6. The zero-order valence-corrected chi connectivity index (χ0v) is 15.8. The van der Waals surface area contributed by atoms with Gasteiger partial charge >= 0.3 is 5.97 Å². The van der Waals surface area contributed by atoms with Crippen molar-refractivity contribution in [3.8, 4) is 0 Å². The van der Waals surface area contributed by atoms with Crippen molar-refractivity contribution in [1.29, 1.82) is 0 Å². The van der Waals surface area contributed by atoms with Crippen molar-refractivity contribution in [3.63, 3.8) is 0 Å². The monoisotopic (exact) mass is 399 g/mol. The Morgan fingerprint density at radius 1 is 1.21 bits per heavy atom. The Hall–Kier alpha value is -2.77. The normalized spacial score (nSPS) is 23.7. The number of carboxylic acid groups (broad SMARTS) is 1. The second-order valence-electron chi connectivity index (χ2n) is 7.74. The third-order valence-electron chi connectivity index (χ3n) is 5.91. The minimum Gasteiger partial charge on any atom is -0.481 e. The van der Waals surface area contributed by atoms with Gasteiger partial charge in [0.25, 0.3) is 5.91 Å². The molecule has 0 radical (unpaired) electrons. The van der Waals surface area contributed by atoms with Gasteiger partial charge in [-0.15, -0.1) is 0 Å². The minimum atomic E-state index is -1.60. The van der Waals surface area contributed by atoms with Crippen LogP contribution in [-0.4, -0.2) is 46.2 Å². The number of nitrogens with zero attached hydrogens (tertiary/aromatic N) is 1. The minimum absolute atomic E-state index is 0.0684. The van der Waals surface area contributed by atoms with Gasteiger partial charge in [0, 0.05) is 18.7 Å². The van der Waals surface area contributed by atoms with E-state index in [-0.39, 0.29) is 31.8 Å². The number of fused-ring (bicyclic) bond motifs is 1. The Balaban J connectivity index is 1.65. The van der Waals surface area contributed by atoms with E-state index >= 15 is 0 Å². The molecule has 29 heavy (non-hydrogen) atoms. The van der Waals surface area contributed by atoms with Crippen LogP contribution in [0.25, 0.3) is 0 Å². The molecule has 4 rings (SSSR count). The zero-order valence-electron chi connectivity index (χ0n) is 15.8. The number of amides is 1. The molecule has 0 aromatic heterocycles. The zero-order chi connectivity index (χ0) is 20.6. The summed E-state index contributed by atoms with van der Waals surface area (Å²) >= 11 is 0. The summed E-state index contributed by atoms with van der Waals surface area (Å²) in [7, 11) is 0. The fourth-order valence-corrected chi connectivity index (χ4v) is 4.30. The summed E-state index contributed by atoms with van der Waals surface area (Å²) in [4.78, 5) is 27.0. The van der Waals surface area contributed by atoms with Crippen molar-refractivity contribution >= 4 is 11.9 Å². The molecule has 152 valence electrons. The van der Waals surface area contributed by atoms with Crippen LogP contribution in [0.4, 0.5) is 4.39 Å². The van der Waals surface area contributed by atoms with Gasteiger partial charge in [-0.05, 0) is 47.7 Å². The molecule has 1 amide bonds. The second-order valence-corrected chi connectivity index (χ2v) is 7.74. The first kappa shape index (κ1) is 19.5. The average molecular weight is 399 g/mol. The van der Waals surface area contributed by atoms with Gasteiger partial charge in [0.2, 0.25) is 0 Å². The molecule has 2 N–H and O–H groups in total.